The standard InChI is InChI=1S/C20H18ClFN4O5S2/c1-26(14-5-6-16(21)17(8-14)33(28,29)25-13-10-30-11-13)20(27)24-19-23-9-18(32-19)31-15-4-2-3-12(22)7-15/h2-9,13,25H,10-11H2,1H3,(H,23,24,27). The van der Waals surface area contributed by atoms with Crippen LogP contribution in [0.5, 0.6) is 10.8 Å². The van der Waals surface area contributed by atoms with Gasteiger partial charge < -0.3 is 9.47 Å². The van der Waals surface area contributed by atoms with Crippen molar-refractivity contribution < 1.29 is 27.1 Å². The monoisotopic (exact) mass is 512 g/mol. The van der Waals surface area contributed by atoms with E-state index in [1.54, 1.807) is 6.07 Å². The first-order valence-corrected chi connectivity index (χ1v) is 12.2. The van der Waals surface area contributed by atoms with Crippen LogP contribution in [0.3, 0.4) is 0 Å². The second-order valence-electron chi connectivity index (χ2n) is 7.00. The van der Waals surface area contributed by atoms with Gasteiger partial charge in [0.05, 0.1) is 30.5 Å². The number of benzene rings is 2. The predicted octanol–water partition coefficient (Wildman–Crippen LogP) is 4.07. The number of amides is 2. The van der Waals surface area contributed by atoms with Crippen LogP contribution < -0.4 is 19.7 Å². The van der Waals surface area contributed by atoms with Crippen LogP contribution in [0.2, 0.25) is 5.02 Å². The Kier molecular flexibility index (Phi) is 6.81. The molecular formula is C20H18ClFN4O5S2. The maximum atomic E-state index is 13.3. The number of urea groups is 1. The van der Waals surface area contributed by atoms with Crippen molar-refractivity contribution in [2.75, 3.05) is 30.5 Å². The number of rotatable bonds is 7. The Hall–Kier alpha value is -2.77. The van der Waals surface area contributed by atoms with Crippen LogP contribution in [-0.4, -0.2) is 45.7 Å². The number of aromatic nitrogens is 1. The first-order chi connectivity index (χ1) is 15.7. The molecule has 3 aromatic rings. The van der Waals surface area contributed by atoms with Crippen molar-refractivity contribution in [2.45, 2.75) is 10.9 Å². The maximum absolute atomic E-state index is 13.3. The molecule has 2 amide bonds. The number of thiazole rings is 1. The van der Waals surface area contributed by atoms with Gasteiger partial charge in [0.15, 0.2) is 5.13 Å². The lowest BCUT2D eigenvalue weighted by atomic mass is 10.3. The number of carbonyl (C=O) groups is 1. The normalized spacial score (nSPS) is 13.9. The number of hydrogen-bond acceptors (Lipinski definition) is 7. The van der Waals surface area contributed by atoms with Crippen LogP contribution in [0.15, 0.2) is 53.6 Å². The number of sulfonamides is 1. The fourth-order valence-electron chi connectivity index (χ4n) is 2.80. The van der Waals surface area contributed by atoms with E-state index in [-0.39, 0.29) is 34.3 Å². The number of nitrogens with one attached hydrogen (secondary N) is 2. The first kappa shape index (κ1) is 23.4. The van der Waals surface area contributed by atoms with E-state index in [2.05, 4.69) is 15.0 Å². The summed E-state index contributed by atoms with van der Waals surface area (Å²) in [4.78, 5) is 17.8. The third kappa shape index (κ3) is 5.60. The van der Waals surface area contributed by atoms with Crippen molar-refractivity contribution in [1.82, 2.24) is 9.71 Å². The molecule has 1 aliphatic rings. The highest BCUT2D eigenvalue weighted by molar-refractivity contribution is 7.89. The number of nitrogens with zero attached hydrogens (tertiary/aromatic N) is 2. The molecule has 0 bridgehead atoms. The molecule has 1 saturated heterocycles. The van der Waals surface area contributed by atoms with Crippen molar-refractivity contribution in [2.24, 2.45) is 0 Å². The number of ether oxygens (including phenoxy) is 2. The number of hydrogen-bond donors (Lipinski definition) is 2. The smallest absolute Gasteiger partial charge is 0.327 e. The van der Waals surface area contributed by atoms with Crippen LogP contribution in [0.4, 0.5) is 20.0 Å². The summed E-state index contributed by atoms with van der Waals surface area (Å²) in [5, 5.41) is 3.23. The van der Waals surface area contributed by atoms with Crippen molar-refractivity contribution in [1.29, 1.82) is 0 Å². The van der Waals surface area contributed by atoms with Crippen molar-refractivity contribution in [3.8, 4) is 10.8 Å². The summed E-state index contributed by atoms with van der Waals surface area (Å²) in [6, 6.07) is 8.99. The fourth-order valence-corrected chi connectivity index (χ4v) is 5.20. The molecule has 174 valence electrons. The van der Waals surface area contributed by atoms with E-state index in [1.807, 2.05) is 0 Å². The molecule has 1 aliphatic heterocycles. The third-order valence-electron chi connectivity index (χ3n) is 4.57. The van der Waals surface area contributed by atoms with Gasteiger partial charge in [-0.2, -0.15) is 0 Å². The van der Waals surface area contributed by atoms with Crippen LogP contribution >= 0.6 is 22.9 Å². The van der Waals surface area contributed by atoms with E-state index in [1.165, 1.54) is 54.5 Å². The van der Waals surface area contributed by atoms with Crippen molar-refractivity contribution in [3.05, 3.63) is 59.5 Å². The van der Waals surface area contributed by atoms with E-state index >= 15 is 0 Å². The minimum absolute atomic E-state index is 0.0272. The minimum atomic E-state index is -3.89. The number of halogens is 2. The summed E-state index contributed by atoms with van der Waals surface area (Å²) in [5.74, 6) is -0.140. The summed E-state index contributed by atoms with van der Waals surface area (Å²) in [6.45, 7) is 0.579. The van der Waals surface area contributed by atoms with E-state index < -0.39 is 21.9 Å². The van der Waals surface area contributed by atoms with Gasteiger partial charge in [-0.05, 0) is 30.3 Å². The molecule has 0 aliphatic carbocycles. The van der Waals surface area contributed by atoms with E-state index in [0.717, 1.165) is 11.3 Å². The highest BCUT2D eigenvalue weighted by atomic mass is 35.5. The first-order valence-electron chi connectivity index (χ1n) is 9.55. The lowest BCUT2D eigenvalue weighted by Crippen LogP contribution is -2.48. The van der Waals surface area contributed by atoms with E-state index in [4.69, 9.17) is 21.1 Å². The summed E-state index contributed by atoms with van der Waals surface area (Å²) in [5.41, 5.74) is 0.301. The minimum Gasteiger partial charge on any atom is -0.445 e. The van der Waals surface area contributed by atoms with Crippen molar-refractivity contribution >= 4 is 49.8 Å². The third-order valence-corrected chi connectivity index (χ3v) is 7.36. The molecule has 2 aromatic carbocycles. The summed E-state index contributed by atoms with van der Waals surface area (Å²) in [7, 11) is -2.42. The van der Waals surface area contributed by atoms with Gasteiger partial charge >= 0.3 is 6.03 Å². The summed E-state index contributed by atoms with van der Waals surface area (Å²) >= 11 is 7.15. The molecule has 4 rings (SSSR count). The molecule has 33 heavy (non-hydrogen) atoms. The fraction of sp³-hybridized carbons (Fsp3) is 0.200. The lowest BCUT2D eigenvalue weighted by Gasteiger charge is -2.27. The molecule has 0 radical (unpaired) electrons. The molecule has 13 heteroatoms. The van der Waals surface area contributed by atoms with Gasteiger partial charge in [-0.3, -0.25) is 10.2 Å². The maximum Gasteiger partial charge on any atom is 0.327 e. The Morgan fingerprint density at radius 1 is 1.30 bits per heavy atom. The predicted molar refractivity (Wildman–Crippen MR) is 122 cm³/mol. The van der Waals surface area contributed by atoms with Crippen molar-refractivity contribution in [3.63, 3.8) is 0 Å². The molecule has 9 nitrogen and oxygen atoms in total. The molecule has 0 saturated carbocycles. The van der Waals surface area contributed by atoms with Gasteiger partial charge in [-0.1, -0.05) is 29.0 Å². The molecule has 2 heterocycles. The Morgan fingerprint density at radius 2 is 2.09 bits per heavy atom. The van der Waals surface area contributed by atoms with Gasteiger partial charge in [-0.25, -0.2) is 27.3 Å². The SMILES string of the molecule is CN(C(=O)Nc1ncc(Oc2cccc(F)c2)s1)c1ccc(Cl)c(S(=O)(=O)NC2COC2)c1. The zero-order chi connectivity index (χ0) is 23.6. The van der Waals surface area contributed by atoms with Crippen LogP contribution in [0, 0.1) is 5.82 Å². The zero-order valence-corrected chi connectivity index (χ0v) is 19.5. The summed E-state index contributed by atoms with van der Waals surface area (Å²) in [6.07, 6.45) is 1.40. The number of anilines is 2. The Morgan fingerprint density at radius 3 is 2.79 bits per heavy atom. The largest absolute Gasteiger partial charge is 0.445 e. The van der Waals surface area contributed by atoms with Gasteiger partial charge in [0.2, 0.25) is 15.1 Å². The van der Waals surface area contributed by atoms with Crippen LogP contribution in [0.25, 0.3) is 0 Å². The van der Waals surface area contributed by atoms with Crippen LogP contribution in [-0.2, 0) is 14.8 Å². The van der Waals surface area contributed by atoms with Crippen LogP contribution in [0.1, 0.15) is 0 Å². The second kappa shape index (κ2) is 9.61. The molecule has 1 aromatic heterocycles. The molecule has 0 atom stereocenters. The molecular weight excluding hydrogens is 495 g/mol. The quantitative estimate of drug-likeness (QED) is 0.494. The highest BCUT2D eigenvalue weighted by Crippen LogP contribution is 2.31. The molecule has 2 N–H and O–H groups in total. The van der Waals surface area contributed by atoms with Gasteiger partial charge in [0.1, 0.15) is 16.5 Å². The Labute approximate surface area is 198 Å². The molecule has 1 fully saturated rings. The summed E-state index contributed by atoms with van der Waals surface area (Å²) < 4.78 is 51.6. The average molecular weight is 513 g/mol. The lowest BCUT2D eigenvalue weighted by molar-refractivity contribution is 0.00482. The Balaban J connectivity index is 1.44. The van der Waals surface area contributed by atoms with Gasteiger partial charge in [0.25, 0.3) is 0 Å². The van der Waals surface area contributed by atoms with E-state index in [0.29, 0.717) is 16.5 Å². The van der Waals surface area contributed by atoms with Gasteiger partial charge in [-0.15, -0.1) is 0 Å². The molecule has 0 spiro atoms. The Bertz CT molecular complexity index is 1280. The topological polar surface area (TPSA) is 110 Å². The average Bonchev–Trinajstić information content (AvgIpc) is 3.17. The van der Waals surface area contributed by atoms with Gasteiger partial charge in [0, 0.05) is 18.8 Å². The zero-order valence-electron chi connectivity index (χ0n) is 17.1. The second-order valence-corrected chi connectivity index (χ2v) is 10.1. The number of carbonyl (C=O) groups excluding carboxylic acids is 1. The highest BCUT2D eigenvalue weighted by Gasteiger charge is 2.28. The van der Waals surface area contributed by atoms with E-state index in [9.17, 15) is 17.6 Å². The molecule has 0 unspecified atom stereocenters.